The third kappa shape index (κ3) is 4.36. The smallest absolute Gasteiger partial charge is 0.303 e. The van der Waals surface area contributed by atoms with Gasteiger partial charge in [0.1, 0.15) is 12.2 Å². The Kier molecular flexibility index (Phi) is 7.62. The standard InChI is InChI=1S/C32H52O5/c1-17(2)18(3)10-11-19(4)22-13-14-23-21-12-15-25-30(6,7)28(36)24(34)16-31(25,8)26(21)27(35)29(32(22,23)9)37-20(5)33/h17,19,22-25,27-29,34-36H,3,10-16H2,1-2,4-9H3/t19-,22-,23+,24-,25?,27?,28+,29+,31+,32-/m1/s1. The Balaban J connectivity index is 1.77. The van der Waals surface area contributed by atoms with E-state index in [4.69, 9.17) is 4.74 Å². The molecule has 3 N–H and O–H groups in total. The monoisotopic (exact) mass is 516 g/mol. The Labute approximate surface area is 224 Å². The Morgan fingerprint density at radius 1 is 1.08 bits per heavy atom. The van der Waals surface area contributed by atoms with Crippen molar-refractivity contribution in [3.8, 4) is 0 Å². The van der Waals surface area contributed by atoms with Gasteiger partial charge in [-0.15, -0.1) is 0 Å². The first kappa shape index (κ1) is 28.8. The summed E-state index contributed by atoms with van der Waals surface area (Å²) in [7, 11) is 0. The summed E-state index contributed by atoms with van der Waals surface area (Å²) < 4.78 is 6.09. The number of hydrogen-bond donors (Lipinski definition) is 3. The molecule has 0 radical (unpaired) electrons. The number of ether oxygens (including phenoxy) is 1. The van der Waals surface area contributed by atoms with Gasteiger partial charge in [0.05, 0.1) is 12.2 Å². The summed E-state index contributed by atoms with van der Waals surface area (Å²) in [5.41, 5.74) is 2.36. The number of esters is 1. The summed E-state index contributed by atoms with van der Waals surface area (Å²) in [4.78, 5) is 12.4. The molecule has 0 aromatic heterocycles. The van der Waals surface area contributed by atoms with Gasteiger partial charge in [0.2, 0.25) is 0 Å². The summed E-state index contributed by atoms with van der Waals surface area (Å²) in [6.07, 6.45) is 3.27. The minimum atomic E-state index is -0.898. The van der Waals surface area contributed by atoms with Crippen LogP contribution in [0.5, 0.6) is 0 Å². The van der Waals surface area contributed by atoms with E-state index in [-0.39, 0.29) is 23.2 Å². The second kappa shape index (κ2) is 9.78. The van der Waals surface area contributed by atoms with Crippen molar-refractivity contribution >= 4 is 5.97 Å². The van der Waals surface area contributed by atoms with Crippen molar-refractivity contribution in [1.29, 1.82) is 0 Å². The fourth-order valence-electron chi connectivity index (χ4n) is 9.74. The maximum absolute atomic E-state index is 12.4. The fourth-order valence-corrected chi connectivity index (χ4v) is 9.74. The quantitative estimate of drug-likeness (QED) is 0.306. The van der Waals surface area contributed by atoms with Crippen LogP contribution in [-0.4, -0.2) is 45.7 Å². The zero-order valence-electron chi connectivity index (χ0n) is 24.5. The van der Waals surface area contributed by atoms with Crippen molar-refractivity contribution in [2.24, 2.45) is 45.8 Å². The van der Waals surface area contributed by atoms with Crippen LogP contribution in [0.2, 0.25) is 0 Å². The van der Waals surface area contributed by atoms with Crippen molar-refractivity contribution in [3.63, 3.8) is 0 Å². The van der Waals surface area contributed by atoms with Gasteiger partial charge >= 0.3 is 5.97 Å². The minimum Gasteiger partial charge on any atom is -0.459 e. The van der Waals surface area contributed by atoms with Crippen LogP contribution >= 0.6 is 0 Å². The predicted molar refractivity (Wildman–Crippen MR) is 147 cm³/mol. The third-order valence-electron chi connectivity index (χ3n) is 11.7. The predicted octanol–water partition coefficient (Wildman–Crippen LogP) is 5.82. The van der Waals surface area contributed by atoms with Gasteiger partial charge in [0.15, 0.2) is 0 Å². The molecule has 0 spiro atoms. The zero-order valence-corrected chi connectivity index (χ0v) is 24.5. The van der Waals surface area contributed by atoms with E-state index in [9.17, 15) is 20.1 Å². The highest BCUT2D eigenvalue weighted by Gasteiger charge is 2.66. The molecule has 0 aromatic carbocycles. The highest BCUT2D eigenvalue weighted by Crippen LogP contribution is 2.68. The van der Waals surface area contributed by atoms with Crippen LogP contribution in [0, 0.1) is 45.8 Å². The van der Waals surface area contributed by atoms with Crippen LogP contribution in [0.25, 0.3) is 0 Å². The molecule has 0 aliphatic heterocycles. The number of carbonyl (C=O) groups excluding carboxylic acids is 1. The molecule has 0 saturated heterocycles. The van der Waals surface area contributed by atoms with E-state index >= 15 is 0 Å². The Hall–Kier alpha value is -1.17. The number of allylic oxidation sites excluding steroid dienone is 2. The van der Waals surface area contributed by atoms with Gasteiger partial charge in [-0.1, -0.05) is 66.2 Å². The van der Waals surface area contributed by atoms with E-state index in [0.29, 0.717) is 24.2 Å². The Bertz CT molecular complexity index is 949. The lowest BCUT2D eigenvalue weighted by Gasteiger charge is -2.62. The molecule has 0 aromatic rings. The summed E-state index contributed by atoms with van der Waals surface area (Å²) >= 11 is 0. The lowest BCUT2D eigenvalue weighted by molar-refractivity contribution is -0.185. The lowest BCUT2D eigenvalue weighted by Crippen LogP contribution is -2.63. The Morgan fingerprint density at radius 3 is 2.32 bits per heavy atom. The van der Waals surface area contributed by atoms with Crippen LogP contribution in [0.15, 0.2) is 23.3 Å². The van der Waals surface area contributed by atoms with E-state index in [1.165, 1.54) is 18.1 Å². The molecule has 2 saturated carbocycles. The van der Waals surface area contributed by atoms with Crippen molar-refractivity contribution < 1.29 is 24.9 Å². The van der Waals surface area contributed by atoms with Crippen LogP contribution in [0.3, 0.4) is 0 Å². The summed E-state index contributed by atoms with van der Waals surface area (Å²) in [5, 5.41) is 34.0. The zero-order chi connectivity index (χ0) is 27.7. The van der Waals surface area contributed by atoms with Gasteiger partial charge in [-0.25, -0.2) is 0 Å². The van der Waals surface area contributed by atoms with E-state index in [2.05, 4.69) is 55.0 Å². The molecule has 2 unspecified atom stereocenters. The van der Waals surface area contributed by atoms with Crippen molar-refractivity contribution in [3.05, 3.63) is 23.3 Å². The van der Waals surface area contributed by atoms with Crippen LogP contribution < -0.4 is 0 Å². The molecule has 0 heterocycles. The topological polar surface area (TPSA) is 87.0 Å². The van der Waals surface area contributed by atoms with Crippen molar-refractivity contribution in [2.75, 3.05) is 0 Å². The van der Waals surface area contributed by atoms with Gasteiger partial charge < -0.3 is 20.1 Å². The highest BCUT2D eigenvalue weighted by atomic mass is 16.6. The molecule has 4 rings (SSSR count). The number of aliphatic hydroxyl groups excluding tert-OH is 3. The fraction of sp³-hybridized carbons (Fsp3) is 0.844. The molecule has 4 aliphatic carbocycles. The molecule has 210 valence electrons. The average Bonchev–Trinajstić information content (AvgIpc) is 3.15. The first-order valence-electron chi connectivity index (χ1n) is 14.7. The van der Waals surface area contributed by atoms with Gasteiger partial charge in [-0.2, -0.15) is 0 Å². The summed E-state index contributed by atoms with van der Waals surface area (Å²) in [6.45, 7) is 21.0. The van der Waals surface area contributed by atoms with E-state index in [0.717, 1.165) is 44.1 Å². The van der Waals surface area contributed by atoms with Gasteiger partial charge in [0, 0.05) is 12.3 Å². The molecule has 5 heteroatoms. The van der Waals surface area contributed by atoms with Crippen molar-refractivity contribution in [2.45, 2.75) is 125 Å². The second-order valence-corrected chi connectivity index (χ2v) is 14.4. The van der Waals surface area contributed by atoms with Crippen LogP contribution in [-0.2, 0) is 9.53 Å². The van der Waals surface area contributed by atoms with Gasteiger partial charge in [-0.05, 0) is 90.9 Å². The summed E-state index contributed by atoms with van der Waals surface area (Å²) in [5.74, 6) is 1.27. The molecular formula is C32H52O5. The SMILES string of the molecule is C=C(CC[C@@H](C)[C@H]1CC[C@H]2C3=C(C(O)[C@H](OC(C)=O)[C@]12C)[C@@]1(C)C[C@@H](O)[C@H](O)C(C)(C)C1CC3)C(C)C. The number of aliphatic hydroxyl groups is 3. The first-order chi connectivity index (χ1) is 17.1. The average molecular weight is 517 g/mol. The molecule has 4 aliphatic rings. The molecule has 37 heavy (non-hydrogen) atoms. The van der Waals surface area contributed by atoms with Crippen LogP contribution in [0.4, 0.5) is 0 Å². The molecule has 0 amide bonds. The van der Waals surface area contributed by atoms with Gasteiger partial charge in [0.25, 0.3) is 0 Å². The molecule has 5 nitrogen and oxygen atoms in total. The molecule has 10 atom stereocenters. The minimum absolute atomic E-state index is 0.132. The van der Waals surface area contributed by atoms with Crippen molar-refractivity contribution in [1.82, 2.24) is 0 Å². The van der Waals surface area contributed by atoms with E-state index in [1.807, 2.05) is 0 Å². The third-order valence-corrected chi connectivity index (χ3v) is 11.7. The number of carbonyl (C=O) groups is 1. The largest absolute Gasteiger partial charge is 0.459 e. The molecule has 0 bridgehead atoms. The van der Waals surface area contributed by atoms with E-state index in [1.54, 1.807) is 0 Å². The normalized spacial score (nSPS) is 43.6. The molecule has 2 fully saturated rings. The first-order valence-corrected chi connectivity index (χ1v) is 14.7. The number of fused-ring (bicyclic) bond motifs is 4. The van der Waals surface area contributed by atoms with E-state index < -0.39 is 35.2 Å². The maximum Gasteiger partial charge on any atom is 0.303 e. The van der Waals surface area contributed by atoms with Crippen LogP contribution in [0.1, 0.15) is 100 Å². The number of rotatable bonds is 6. The Morgan fingerprint density at radius 2 is 1.73 bits per heavy atom. The molecular weight excluding hydrogens is 464 g/mol. The maximum atomic E-state index is 12.4. The lowest BCUT2D eigenvalue weighted by atomic mass is 9.44. The number of hydrogen-bond acceptors (Lipinski definition) is 5. The van der Waals surface area contributed by atoms with Gasteiger partial charge in [-0.3, -0.25) is 4.79 Å². The summed E-state index contributed by atoms with van der Waals surface area (Å²) in [6, 6.07) is 0. The highest BCUT2D eigenvalue weighted by molar-refractivity contribution is 5.66. The second-order valence-electron chi connectivity index (χ2n) is 14.4.